The van der Waals surface area contributed by atoms with Crippen LogP contribution in [0, 0.1) is 0 Å². The number of anilines is 1. The summed E-state index contributed by atoms with van der Waals surface area (Å²) in [4.78, 5) is 16.8. The summed E-state index contributed by atoms with van der Waals surface area (Å²) in [6.45, 7) is 0. The van der Waals surface area contributed by atoms with Gasteiger partial charge in [0.1, 0.15) is 12.9 Å². The van der Waals surface area contributed by atoms with Gasteiger partial charge >= 0.3 is 12.4 Å². The number of oxime groups is 1. The summed E-state index contributed by atoms with van der Waals surface area (Å²) in [6, 6.07) is 4.55. The lowest BCUT2D eigenvalue weighted by molar-refractivity contribution is -0.143. The fourth-order valence-electron chi connectivity index (χ4n) is 2.33. The van der Waals surface area contributed by atoms with Gasteiger partial charge in [0.05, 0.1) is 16.7 Å². The van der Waals surface area contributed by atoms with Crippen molar-refractivity contribution in [3.05, 3.63) is 58.7 Å². The third-order valence-corrected chi connectivity index (χ3v) is 3.66. The first kappa shape index (κ1) is 22.1. The number of aromatic hydroxyl groups is 1. The maximum atomic E-state index is 12.9. The van der Waals surface area contributed by atoms with Crippen LogP contribution in [0.5, 0.6) is 5.75 Å². The molecule has 0 aliphatic rings. The van der Waals surface area contributed by atoms with E-state index in [0.29, 0.717) is 17.7 Å². The lowest BCUT2D eigenvalue weighted by Crippen LogP contribution is -2.16. The number of alkyl halides is 6. The molecule has 2 rings (SSSR count). The molecule has 0 aliphatic carbocycles. The van der Waals surface area contributed by atoms with E-state index < -0.39 is 40.8 Å². The standard InChI is InChI=1S/C18H14F6N2O3/c1-29-25-5-4-10-2-3-15(27)14(6-10)16(28)26-13-8-11(17(19,20)21)7-12(9-13)18(22,23)24/h2-3,5-9,27H,4H2,1H3,(H,26,28). The number of benzene rings is 2. The number of hydrogen-bond acceptors (Lipinski definition) is 4. The highest BCUT2D eigenvalue weighted by Crippen LogP contribution is 2.37. The van der Waals surface area contributed by atoms with Crippen LogP contribution < -0.4 is 5.32 Å². The second kappa shape index (κ2) is 8.41. The summed E-state index contributed by atoms with van der Waals surface area (Å²) >= 11 is 0. The normalized spacial score (nSPS) is 12.2. The third kappa shape index (κ3) is 5.87. The van der Waals surface area contributed by atoms with Gasteiger partial charge < -0.3 is 15.3 Å². The lowest BCUT2D eigenvalue weighted by atomic mass is 10.1. The molecule has 156 valence electrons. The molecule has 11 heteroatoms. The van der Waals surface area contributed by atoms with Gasteiger partial charge in [0.2, 0.25) is 0 Å². The van der Waals surface area contributed by atoms with E-state index in [4.69, 9.17) is 0 Å². The summed E-state index contributed by atoms with van der Waals surface area (Å²) in [6.07, 6.45) is -8.54. The summed E-state index contributed by atoms with van der Waals surface area (Å²) in [7, 11) is 1.32. The second-order valence-corrected chi connectivity index (χ2v) is 5.77. The Kier molecular flexibility index (Phi) is 6.40. The number of hydrogen-bond donors (Lipinski definition) is 2. The van der Waals surface area contributed by atoms with Crippen LogP contribution in [0.25, 0.3) is 0 Å². The Morgan fingerprint density at radius 3 is 2.17 bits per heavy atom. The Bertz CT molecular complexity index is 891. The van der Waals surface area contributed by atoms with Gasteiger partial charge in [-0.2, -0.15) is 26.3 Å². The number of amides is 1. The molecule has 0 bridgehead atoms. The highest BCUT2D eigenvalue weighted by molar-refractivity contribution is 6.06. The number of rotatable bonds is 5. The second-order valence-electron chi connectivity index (χ2n) is 5.77. The van der Waals surface area contributed by atoms with Crippen LogP contribution in [0.15, 0.2) is 41.6 Å². The van der Waals surface area contributed by atoms with Crippen LogP contribution in [0.1, 0.15) is 27.0 Å². The number of carbonyl (C=O) groups is 1. The average molecular weight is 420 g/mol. The van der Waals surface area contributed by atoms with Crippen molar-refractivity contribution < 1.29 is 41.1 Å². The number of halogens is 6. The molecular weight excluding hydrogens is 406 g/mol. The van der Waals surface area contributed by atoms with E-state index in [1.165, 1.54) is 25.5 Å². The lowest BCUT2D eigenvalue weighted by Gasteiger charge is -2.15. The SMILES string of the molecule is CON=CCc1ccc(O)c(C(=O)Nc2cc(C(F)(F)F)cc(C(F)(F)F)c2)c1. The van der Waals surface area contributed by atoms with E-state index in [1.54, 1.807) is 0 Å². The first-order valence-electron chi connectivity index (χ1n) is 7.89. The number of carbonyl (C=O) groups excluding carboxylic acids is 1. The quantitative estimate of drug-likeness (QED) is 0.413. The topological polar surface area (TPSA) is 70.9 Å². The highest BCUT2D eigenvalue weighted by Gasteiger charge is 2.37. The minimum absolute atomic E-state index is 0.0527. The Balaban J connectivity index is 2.37. The number of phenolic OH excluding ortho intramolecular Hbond substituents is 1. The van der Waals surface area contributed by atoms with Crippen molar-refractivity contribution in [2.24, 2.45) is 5.16 Å². The van der Waals surface area contributed by atoms with Crippen molar-refractivity contribution in [1.29, 1.82) is 0 Å². The molecule has 0 spiro atoms. The monoisotopic (exact) mass is 420 g/mol. The van der Waals surface area contributed by atoms with Crippen LogP contribution >= 0.6 is 0 Å². The largest absolute Gasteiger partial charge is 0.507 e. The van der Waals surface area contributed by atoms with Crippen LogP contribution in [0.3, 0.4) is 0 Å². The maximum Gasteiger partial charge on any atom is 0.416 e. The van der Waals surface area contributed by atoms with Crippen molar-refractivity contribution in [3.63, 3.8) is 0 Å². The molecule has 0 saturated heterocycles. The molecule has 1 amide bonds. The Morgan fingerprint density at radius 2 is 1.66 bits per heavy atom. The van der Waals surface area contributed by atoms with Gasteiger partial charge in [-0.15, -0.1) is 0 Å². The molecule has 0 heterocycles. The molecule has 5 nitrogen and oxygen atoms in total. The van der Waals surface area contributed by atoms with Gasteiger partial charge in [-0.3, -0.25) is 4.79 Å². The van der Waals surface area contributed by atoms with Crippen molar-refractivity contribution in [3.8, 4) is 5.75 Å². The molecule has 0 radical (unpaired) electrons. The summed E-state index contributed by atoms with van der Waals surface area (Å²) in [5.74, 6) is -1.58. The number of nitrogens with one attached hydrogen (secondary N) is 1. The van der Waals surface area contributed by atoms with Crippen molar-refractivity contribution in [2.75, 3.05) is 12.4 Å². The minimum atomic E-state index is -5.05. The summed E-state index contributed by atoms with van der Waals surface area (Å²) in [5, 5.41) is 15.3. The highest BCUT2D eigenvalue weighted by atomic mass is 19.4. The zero-order valence-electron chi connectivity index (χ0n) is 14.7. The number of phenols is 1. The molecule has 0 aliphatic heterocycles. The zero-order chi connectivity index (χ0) is 21.8. The van der Waals surface area contributed by atoms with E-state index in [9.17, 15) is 36.2 Å². The Morgan fingerprint density at radius 1 is 1.07 bits per heavy atom. The minimum Gasteiger partial charge on any atom is -0.507 e. The van der Waals surface area contributed by atoms with E-state index in [-0.39, 0.29) is 18.1 Å². The predicted molar refractivity (Wildman–Crippen MR) is 91.7 cm³/mol. The molecule has 2 aromatic carbocycles. The first-order chi connectivity index (χ1) is 13.4. The fourth-order valence-corrected chi connectivity index (χ4v) is 2.33. The zero-order valence-corrected chi connectivity index (χ0v) is 14.7. The molecule has 2 N–H and O–H groups in total. The molecule has 0 unspecified atom stereocenters. The van der Waals surface area contributed by atoms with Gasteiger partial charge in [0, 0.05) is 18.3 Å². The molecule has 2 aromatic rings. The molecule has 0 fully saturated rings. The van der Waals surface area contributed by atoms with Crippen LogP contribution in [-0.2, 0) is 23.6 Å². The smallest absolute Gasteiger partial charge is 0.416 e. The predicted octanol–water partition coefficient (Wildman–Crippen LogP) is 4.86. The van der Waals surface area contributed by atoms with Gasteiger partial charge in [0.15, 0.2) is 0 Å². The molecule has 0 saturated carbocycles. The summed E-state index contributed by atoms with van der Waals surface area (Å²) in [5.41, 5.74) is -3.70. The van der Waals surface area contributed by atoms with Gasteiger partial charge in [0.25, 0.3) is 5.91 Å². The molecular formula is C18H14F6N2O3. The molecule has 29 heavy (non-hydrogen) atoms. The van der Waals surface area contributed by atoms with Gasteiger partial charge in [-0.05, 0) is 35.9 Å². The van der Waals surface area contributed by atoms with Crippen molar-refractivity contribution in [1.82, 2.24) is 0 Å². The van der Waals surface area contributed by atoms with E-state index in [1.807, 2.05) is 5.32 Å². The maximum absolute atomic E-state index is 12.9. The molecule has 0 aromatic heterocycles. The first-order valence-corrected chi connectivity index (χ1v) is 7.89. The van der Waals surface area contributed by atoms with Crippen LogP contribution in [-0.4, -0.2) is 24.3 Å². The Hall–Kier alpha value is -3.24. The third-order valence-electron chi connectivity index (χ3n) is 3.66. The van der Waals surface area contributed by atoms with E-state index >= 15 is 0 Å². The number of nitrogens with zero attached hydrogens (tertiary/aromatic N) is 1. The average Bonchev–Trinajstić information content (AvgIpc) is 2.61. The van der Waals surface area contributed by atoms with Crippen molar-refractivity contribution >= 4 is 17.8 Å². The van der Waals surface area contributed by atoms with E-state index in [0.717, 1.165) is 6.07 Å². The van der Waals surface area contributed by atoms with Crippen LogP contribution in [0.4, 0.5) is 32.0 Å². The van der Waals surface area contributed by atoms with E-state index in [2.05, 4.69) is 9.99 Å². The van der Waals surface area contributed by atoms with Gasteiger partial charge in [-0.25, -0.2) is 0 Å². The molecule has 0 atom stereocenters. The van der Waals surface area contributed by atoms with Gasteiger partial charge in [-0.1, -0.05) is 11.2 Å². The van der Waals surface area contributed by atoms with Crippen molar-refractivity contribution in [2.45, 2.75) is 18.8 Å². The fraction of sp³-hybridized carbons (Fsp3) is 0.222. The summed E-state index contributed by atoms with van der Waals surface area (Å²) < 4.78 is 77.5. The van der Waals surface area contributed by atoms with Crippen LogP contribution in [0.2, 0.25) is 0 Å². The Labute approximate surface area is 160 Å².